The van der Waals surface area contributed by atoms with Crippen LogP contribution >= 0.6 is 24.0 Å². The van der Waals surface area contributed by atoms with Gasteiger partial charge in [0.25, 0.3) is 0 Å². The second kappa shape index (κ2) is 5.72. The zero-order valence-corrected chi connectivity index (χ0v) is 9.82. The Bertz CT molecular complexity index is 379. The van der Waals surface area contributed by atoms with E-state index < -0.39 is 5.97 Å². The van der Waals surface area contributed by atoms with Crippen LogP contribution in [0.5, 0.6) is 0 Å². The summed E-state index contributed by atoms with van der Waals surface area (Å²) >= 11 is 6.09. The molecule has 0 saturated heterocycles. The molecule has 0 spiro atoms. The van der Waals surface area contributed by atoms with Gasteiger partial charge < -0.3 is 10.4 Å². The Morgan fingerprint density at radius 3 is 2.93 bits per heavy atom. The van der Waals surface area contributed by atoms with E-state index in [-0.39, 0.29) is 5.75 Å². The molecule has 0 aliphatic heterocycles. The number of nitrogens with one attached hydrogen (secondary N) is 1. The normalized spacial score (nSPS) is 9.67. The zero-order valence-electron chi connectivity index (χ0n) is 8.19. The smallest absolute Gasteiger partial charge is 0.313 e. The zero-order chi connectivity index (χ0) is 11.3. The second-order valence-electron chi connectivity index (χ2n) is 2.96. The summed E-state index contributed by atoms with van der Waals surface area (Å²) < 4.78 is 0.475. The molecule has 80 valence electrons. The van der Waals surface area contributed by atoms with Gasteiger partial charge >= 0.3 is 5.97 Å². The maximum atomic E-state index is 10.3. The molecule has 0 atom stereocenters. The summed E-state index contributed by atoms with van der Waals surface area (Å²) in [6.07, 6.45) is 0. The summed E-state index contributed by atoms with van der Waals surface area (Å²) in [7, 11) is 0. The predicted molar refractivity (Wildman–Crippen MR) is 67.5 cm³/mol. The molecule has 1 rings (SSSR count). The highest BCUT2D eigenvalue weighted by molar-refractivity contribution is 8.23. The van der Waals surface area contributed by atoms with Crippen molar-refractivity contribution >= 4 is 40.0 Å². The number of aliphatic carboxylic acids is 1. The number of thioether (sulfide) groups is 1. The van der Waals surface area contributed by atoms with E-state index in [1.54, 1.807) is 0 Å². The standard InChI is InChI=1S/C10H11NO2S2/c1-7-3-2-4-8(5-7)11-10(14)15-6-9(12)13/h2-5H,6H2,1H3,(H,11,14)(H,12,13). The molecule has 0 fully saturated rings. The molecule has 5 heteroatoms. The molecule has 1 aromatic carbocycles. The van der Waals surface area contributed by atoms with Crippen molar-refractivity contribution < 1.29 is 9.90 Å². The first-order valence-corrected chi connectivity index (χ1v) is 5.69. The first-order valence-electron chi connectivity index (χ1n) is 4.30. The molecule has 0 aliphatic rings. The van der Waals surface area contributed by atoms with Crippen LogP contribution in [-0.2, 0) is 4.79 Å². The van der Waals surface area contributed by atoms with Crippen LogP contribution in [-0.4, -0.2) is 21.1 Å². The first kappa shape index (κ1) is 12.0. The SMILES string of the molecule is Cc1cccc(NC(=S)SCC(=O)O)c1. The molecule has 0 unspecified atom stereocenters. The first-order chi connectivity index (χ1) is 7.08. The van der Waals surface area contributed by atoms with Crippen molar-refractivity contribution in [3.05, 3.63) is 29.8 Å². The Morgan fingerprint density at radius 2 is 2.33 bits per heavy atom. The number of thiocarbonyl (C=S) groups is 1. The number of carboxylic acid groups (broad SMARTS) is 1. The molecule has 0 amide bonds. The molecule has 0 aromatic heterocycles. The fourth-order valence-electron chi connectivity index (χ4n) is 1.00. The summed E-state index contributed by atoms with van der Waals surface area (Å²) in [5, 5.41) is 11.4. The van der Waals surface area contributed by atoms with Crippen molar-refractivity contribution in [2.75, 3.05) is 11.1 Å². The van der Waals surface area contributed by atoms with Crippen LogP contribution in [0.15, 0.2) is 24.3 Å². The van der Waals surface area contributed by atoms with Crippen molar-refractivity contribution in [1.82, 2.24) is 0 Å². The van der Waals surface area contributed by atoms with Crippen LogP contribution in [0.25, 0.3) is 0 Å². The Labute approximate surface area is 97.9 Å². The van der Waals surface area contributed by atoms with E-state index >= 15 is 0 Å². The Hall–Kier alpha value is -1.07. The maximum absolute atomic E-state index is 10.3. The number of aryl methyl sites for hydroxylation is 1. The number of carbonyl (C=O) groups is 1. The van der Waals surface area contributed by atoms with Crippen molar-refractivity contribution in [3.8, 4) is 0 Å². The third-order valence-corrected chi connectivity index (χ3v) is 2.80. The van der Waals surface area contributed by atoms with Crippen LogP contribution in [0.3, 0.4) is 0 Å². The summed E-state index contributed by atoms with van der Waals surface area (Å²) in [4.78, 5) is 10.3. The van der Waals surface area contributed by atoms with Gasteiger partial charge in [0.2, 0.25) is 0 Å². The minimum Gasteiger partial charge on any atom is -0.481 e. The van der Waals surface area contributed by atoms with Crippen LogP contribution in [0.2, 0.25) is 0 Å². The van der Waals surface area contributed by atoms with Gasteiger partial charge in [0.05, 0.1) is 5.75 Å². The summed E-state index contributed by atoms with van der Waals surface area (Å²) in [5.74, 6) is -0.883. The largest absolute Gasteiger partial charge is 0.481 e. The molecule has 2 N–H and O–H groups in total. The Kier molecular flexibility index (Phi) is 4.58. The Balaban J connectivity index is 2.48. The van der Waals surface area contributed by atoms with Crippen molar-refractivity contribution in [1.29, 1.82) is 0 Å². The average Bonchev–Trinajstić information content (AvgIpc) is 2.15. The highest BCUT2D eigenvalue weighted by Gasteiger charge is 2.02. The summed E-state index contributed by atoms with van der Waals surface area (Å²) in [5.41, 5.74) is 2.02. The molecule has 0 radical (unpaired) electrons. The molecule has 0 heterocycles. The number of hydrogen-bond acceptors (Lipinski definition) is 3. The predicted octanol–water partition coefficient (Wildman–Crippen LogP) is 2.51. The molecule has 0 aliphatic carbocycles. The fraction of sp³-hybridized carbons (Fsp3) is 0.200. The van der Waals surface area contributed by atoms with Gasteiger partial charge in [-0.2, -0.15) is 0 Å². The van der Waals surface area contributed by atoms with Crippen molar-refractivity contribution in [2.24, 2.45) is 0 Å². The lowest BCUT2D eigenvalue weighted by molar-refractivity contribution is -0.133. The molecule has 15 heavy (non-hydrogen) atoms. The van der Waals surface area contributed by atoms with Crippen molar-refractivity contribution in [2.45, 2.75) is 6.92 Å². The van der Waals surface area contributed by atoms with Crippen LogP contribution in [0.1, 0.15) is 5.56 Å². The van der Waals surface area contributed by atoms with Gasteiger partial charge in [-0.3, -0.25) is 4.79 Å². The van der Waals surface area contributed by atoms with E-state index in [2.05, 4.69) is 5.32 Å². The minimum atomic E-state index is -0.867. The highest BCUT2D eigenvalue weighted by atomic mass is 32.2. The summed E-state index contributed by atoms with van der Waals surface area (Å²) in [6, 6.07) is 7.75. The van der Waals surface area contributed by atoms with Crippen LogP contribution in [0.4, 0.5) is 5.69 Å². The second-order valence-corrected chi connectivity index (χ2v) is 4.62. The number of hydrogen-bond donors (Lipinski definition) is 2. The molecule has 0 saturated carbocycles. The van der Waals surface area contributed by atoms with Gasteiger partial charge in [-0.1, -0.05) is 36.1 Å². The topological polar surface area (TPSA) is 49.3 Å². The number of benzene rings is 1. The van der Waals surface area contributed by atoms with Crippen LogP contribution in [0, 0.1) is 6.92 Å². The average molecular weight is 241 g/mol. The number of anilines is 1. The molecular formula is C10H11NO2S2. The molecule has 1 aromatic rings. The minimum absolute atomic E-state index is 0.0162. The summed E-state index contributed by atoms with van der Waals surface area (Å²) in [6.45, 7) is 1.98. The monoisotopic (exact) mass is 241 g/mol. The van der Waals surface area contributed by atoms with E-state index in [0.717, 1.165) is 23.0 Å². The van der Waals surface area contributed by atoms with Gasteiger partial charge in [0, 0.05) is 5.69 Å². The third-order valence-electron chi connectivity index (χ3n) is 1.59. The quantitative estimate of drug-likeness (QED) is 0.796. The van der Waals surface area contributed by atoms with E-state index in [4.69, 9.17) is 17.3 Å². The van der Waals surface area contributed by atoms with E-state index in [1.807, 2.05) is 31.2 Å². The van der Waals surface area contributed by atoms with E-state index in [1.165, 1.54) is 0 Å². The molecular weight excluding hydrogens is 230 g/mol. The van der Waals surface area contributed by atoms with Crippen molar-refractivity contribution in [3.63, 3.8) is 0 Å². The number of rotatable bonds is 3. The maximum Gasteiger partial charge on any atom is 0.313 e. The Morgan fingerprint density at radius 1 is 1.60 bits per heavy atom. The van der Waals surface area contributed by atoms with Crippen LogP contribution < -0.4 is 5.32 Å². The van der Waals surface area contributed by atoms with E-state index in [9.17, 15) is 4.79 Å². The lowest BCUT2D eigenvalue weighted by Crippen LogP contribution is -2.08. The third kappa shape index (κ3) is 4.80. The lowest BCUT2D eigenvalue weighted by atomic mass is 10.2. The highest BCUT2D eigenvalue weighted by Crippen LogP contribution is 2.13. The fourth-order valence-corrected chi connectivity index (χ4v) is 1.74. The van der Waals surface area contributed by atoms with Gasteiger partial charge in [-0.15, -0.1) is 0 Å². The molecule has 0 bridgehead atoms. The molecule has 3 nitrogen and oxygen atoms in total. The van der Waals surface area contributed by atoms with Gasteiger partial charge in [0.1, 0.15) is 4.32 Å². The van der Waals surface area contributed by atoms with E-state index in [0.29, 0.717) is 4.32 Å². The van der Waals surface area contributed by atoms with Gasteiger partial charge in [-0.25, -0.2) is 0 Å². The lowest BCUT2D eigenvalue weighted by Gasteiger charge is -2.06. The van der Waals surface area contributed by atoms with Gasteiger partial charge in [-0.05, 0) is 24.6 Å². The van der Waals surface area contributed by atoms with Gasteiger partial charge in [0.15, 0.2) is 0 Å². The number of carboxylic acids is 1.